The molecule has 0 amide bonds. The Morgan fingerprint density at radius 2 is 2.00 bits per heavy atom. The molecule has 0 unspecified atom stereocenters. The summed E-state index contributed by atoms with van der Waals surface area (Å²) >= 11 is 0. The van der Waals surface area contributed by atoms with Crippen LogP contribution in [0.15, 0.2) is 24.3 Å². The lowest BCUT2D eigenvalue weighted by Gasteiger charge is -2.06. The van der Waals surface area contributed by atoms with Gasteiger partial charge >= 0.3 is 0 Å². The number of para-hydroxylation sites is 1. The zero-order valence-corrected chi connectivity index (χ0v) is 7.33. The number of phenolic OH excluding ortho intramolecular Hbond substituents is 2. The summed E-state index contributed by atoms with van der Waals surface area (Å²) in [6.07, 6.45) is 5.33. The molecular formula is C11H12O2. The SMILES string of the molecule is Oc1cccc(C2=CCCC2)c1O. The molecule has 0 aromatic heterocycles. The fourth-order valence-corrected chi connectivity index (χ4v) is 1.71. The van der Waals surface area contributed by atoms with E-state index in [1.165, 1.54) is 6.07 Å². The molecule has 2 N–H and O–H groups in total. The normalized spacial score (nSPS) is 15.8. The zero-order chi connectivity index (χ0) is 9.26. The third-order valence-corrected chi connectivity index (χ3v) is 2.40. The van der Waals surface area contributed by atoms with Crippen molar-refractivity contribution in [2.75, 3.05) is 0 Å². The van der Waals surface area contributed by atoms with Crippen molar-refractivity contribution in [3.8, 4) is 11.5 Å². The molecule has 2 rings (SSSR count). The Bertz CT molecular complexity index is 353. The lowest BCUT2D eigenvalue weighted by Crippen LogP contribution is -1.82. The van der Waals surface area contributed by atoms with Gasteiger partial charge in [-0.15, -0.1) is 0 Å². The van der Waals surface area contributed by atoms with Gasteiger partial charge < -0.3 is 10.2 Å². The molecule has 0 spiro atoms. The number of rotatable bonds is 1. The summed E-state index contributed by atoms with van der Waals surface area (Å²) in [7, 11) is 0. The van der Waals surface area contributed by atoms with Crippen LogP contribution in [0.5, 0.6) is 11.5 Å². The van der Waals surface area contributed by atoms with Crippen LogP contribution in [0.4, 0.5) is 0 Å². The largest absolute Gasteiger partial charge is 0.504 e. The number of allylic oxidation sites excluding steroid dienone is 2. The average Bonchev–Trinajstić information content (AvgIpc) is 2.62. The van der Waals surface area contributed by atoms with Crippen LogP contribution in [0, 0.1) is 0 Å². The highest BCUT2D eigenvalue weighted by Crippen LogP contribution is 2.37. The highest BCUT2D eigenvalue weighted by Gasteiger charge is 2.12. The topological polar surface area (TPSA) is 40.5 Å². The van der Waals surface area contributed by atoms with Crippen molar-refractivity contribution in [2.45, 2.75) is 19.3 Å². The third kappa shape index (κ3) is 1.39. The van der Waals surface area contributed by atoms with Crippen molar-refractivity contribution in [3.05, 3.63) is 29.8 Å². The maximum Gasteiger partial charge on any atom is 0.165 e. The van der Waals surface area contributed by atoms with Gasteiger partial charge in [-0.1, -0.05) is 18.2 Å². The number of benzene rings is 1. The summed E-state index contributed by atoms with van der Waals surface area (Å²) in [5.41, 5.74) is 1.92. The zero-order valence-electron chi connectivity index (χ0n) is 7.33. The Hall–Kier alpha value is -1.44. The average molecular weight is 176 g/mol. The van der Waals surface area contributed by atoms with Gasteiger partial charge in [-0.2, -0.15) is 0 Å². The molecule has 1 aliphatic rings. The molecule has 1 aromatic rings. The second kappa shape index (κ2) is 3.13. The van der Waals surface area contributed by atoms with Gasteiger partial charge in [-0.05, 0) is 30.9 Å². The summed E-state index contributed by atoms with van der Waals surface area (Å²) in [5, 5.41) is 18.9. The maximum atomic E-state index is 9.57. The van der Waals surface area contributed by atoms with Crippen LogP contribution in [-0.2, 0) is 0 Å². The van der Waals surface area contributed by atoms with Gasteiger partial charge in [-0.25, -0.2) is 0 Å². The molecule has 0 bridgehead atoms. The molecule has 0 saturated carbocycles. The summed E-state index contributed by atoms with van der Waals surface area (Å²) < 4.78 is 0. The van der Waals surface area contributed by atoms with E-state index in [1.54, 1.807) is 6.07 Å². The molecule has 0 heterocycles. The first-order chi connectivity index (χ1) is 6.29. The lowest BCUT2D eigenvalue weighted by molar-refractivity contribution is 0.402. The van der Waals surface area contributed by atoms with E-state index in [0.29, 0.717) is 0 Å². The van der Waals surface area contributed by atoms with Gasteiger partial charge in [0.2, 0.25) is 0 Å². The summed E-state index contributed by atoms with van der Waals surface area (Å²) in [6.45, 7) is 0. The molecule has 2 heteroatoms. The quantitative estimate of drug-likeness (QED) is 0.646. The Labute approximate surface area is 77.1 Å². The molecule has 0 fully saturated rings. The second-order valence-electron chi connectivity index (χ2n) is 3.29. The van der Waals surface area contributed by atoms with Gasteiger partial charge in [0, 0.05) is 5.56 Å². The van der Waals surface area contributed by atoms with Crippen molar-refractivity contribution in [2.24, 2.45) is 0 Å². The van der Waals surface area contributed by atoms with Crippen LogP contribution in [0.25, 0.3) is 5.57 Å². The van der Waals surface area contributed by atoms with Crippen LogP contribution in [0.3, 0.4) is 0 Å². The summed E-state index contributed by atoms with van der Waals surface area (Å²) in [4.78, 5) is 0. The van der Waals surface area contributed by atoms with Crippen LogP contribution in [0.1, 0.15) is 24.8 Å². The van der Waals surface area contributed by atoms with Crippen LogP contribution < -0.4 is 0 Å². The summed E-state index contributed by atoms with van der Waals surface area (Å²) in [5.74, 6) is -0.0269. The van der Waals surface area contributed by atoms with Gasteiger partial charge in [0.1, 0.15) is 0 Å². The van der Waals surface area contributed by atoms with E-state index in [2.05, 4.69) is 6.08 Å². The lowest BCUT2D eigenvalue weighted by atomic mass is 10.0. The molecule has 0 saturated heterocycles. The molecule has 1 aromatic carbocycles. The summed E-state index contributed by atoms with van der Waals surface area (Å²) in [6, 6.07) is 5.09. The number of phenols is 2. The van der Waals surface area contributed by atoms with Crippen molar-refractivity contribution in [3.63, 3.8) is 0 Å². The Kier molecular flexibility index (Phi) is 1.97. The minimum absolute atomic E-state index is 0.00986. The third-order valence-electron chi connectivity index (χ3n) is 2.40. The number of hydrogen-bond donors (Lipinski definition) is 2. The van der Waals surface area contributed by atoms with E-state index in [9.17, 15) is 10.2 Å². The first-order valence-electron chi connectivity index (χ1n) is 4.49. The molecule has 0 atom stereocenters. The minimum atomic E-state index is -0.0368. The fourth-order valence-electron chi connectivity index (χ4n) is 1.71. The van der Waals surface area contributed by atoms with E-state index in [0.717, 1.165) is 30.4 Å². The first kappa shape index (κ1) is 8.17. The van der Waals surface area contributed by atoms with Crippen molar-refractivity contribution < 1.29 is 10.2 Å². The standard InChI is InChI=1S/C11H12O2/c12-10-7-3-6-9(11(10)13)8-4-1-2-5-8/h3-4,6-7,12-13H,1-2,5H2. The minimum Gasteiger partial charge on any atom is -0.504 e. The Morgan fingerprint density at radius 3 is 2.69 bits per heavy atom. The van der Waals surface area contributed by atoms with E-state index >= 15 is 0 Å². The van der Waals surface area contributed by atoms with Crippen molar-refractivity contribution >= 4 is 5.57 Å². The van der Waals surface area contributed by atoms with Gasteiger partial charge in [0.25, 0.3) is 0 Å². The first-order valence-corrected chi connectivity index (χ1v) is 4.49. The molecule has 68 valence electrons. The van der Waals surface area contributed by atoms with Gasteiger partial charge in [0.15, 0.2) is 11.5 Å². The molecule has 0 aliphatic heterocycles. The van der Waals surface area contributed by atoms with Crippen molar-refractivity contribution in [1.82, 2.24) is 0 Å². The van der Waals surface area contributed by atoms with Crippen LogP contribution in [-0.4, -0.2) is 10.2 Å². The van der Waals surface area contributed by atoms with Gasteiger partial charge in [-0.3, -0.25) is 0 Å². The van der Waals surface area contributed by atoms with E-state index in [4.69, 9.17) is 0 Å². The molecule has 0 radical (unpaired) electrons. The Balaban J connectivity index is 2.45. The molecular weight excluding hydrogens is 164 g/mol. The predicted molar refractivity (Wildman–Crippen MR) is 51.6 cm³/mol. The highest BCUT2D eigenvalue weighted by molar-refractivity contribution is 5.73. The molecule has 1 aliphatic carbocycles. The number of aromatic hydroxyl groups is 2. The van der Waals surface area contributed by atoms with Crippen LogP contribution in [0.2, 0.25) is 0 Å². The Morgan fingerprint density at radius 1 is 1.15 bits per heavy atom. The van der Waals surface area contributed by atoms with E-state index < -0.39 is 0 Å². The van der Waals surface area contributed by atoms with E-state index in [1.807, 2.05) is 6.07 Å². The van der Waals surface area contributed by atoms with E-state index in [-0.39, 0.29) is 11.5 Å². The monoisotopic (exact) mass is 176 g/mol. The van der Waals surface area contributed by atoms with Crippen molar-refractivity contribution in [1.29, 1.82) is 0 Å². The maximum absolute atomic E-state index is 9.57. The highest BCUT2D eigenvalue weighted by atomic mass is 16.3. The number of hydrogen-bond acceptors (Lipinski definition) is 2. The predicted octanol–water partition coefficient (Wildman–Crippen LogP) is 2.67. The molecule has 13 heavy (non-hydrogen) atoms. The molecule has 2 nitrogen and oxygen atoms in total. The van der Waals surface area contributed by atoms with Gasteiger partial charge in [0.05, 0.1) is 0 Å². The second-order valence-corrected chi connectivity index (χ2v) is 3.29. The fraction of sp³-hybridized carbons (Fsp3) is 0.273. The smallest absolute Gasteiger partial charge is 0.165 e. The van der Waals surface area contributed by atoms with Crippen LogP contribution >= 0.6 is 0 Å².